The molecule has 3 unspecified atom stereocenters. The number of likely N-dealkylation sites (tertiary alicyclic amines) is 1. The zero-order chi connectivity index (χ0) is 23.6. The third-order valence-corrected chi connectivity index (χ3v) is 8.44. The highest BCUT2D eigenvalue weighted by molar-refractivity contribution is 7.90. The van der Waals surface area contributed by atoms with Gasteiger partial charge in [-0.1, -0.05) is 0 Å². The zero-order valence-corrected chi connectivity index (χ0v) is 19.1. The molecular weight excluding hydrogens is 449 g/mol. The van der Waals surface area contributed by atoms with E-state index in [-0.39, 0.29) is 30.7 Å². The number of halogens is 3. The Morgan fingerprint density at radius 1 is 1.16 bits per heavy atom. The van der Waals surface area contributed by atoms with Crippen LogP contribution in [0.4, 0.5) is 18.0 Å². The Hall–Kier alpha value is -1.85. The van der Waals surface area contributed by atoms with Gasteiger partial charge in [0.1, 0.15) is 11.1 Å². The van der Waals surface area contributed by atoms with Crippen molar-refractivity contribution in [1.82, 2.24) is 9.62 Å². The Morgan fingerprint density at radius 2 is 1.78 bits per heavy atom. The number of hydrogen-bond donors (Lipinski definition) is 1. The van der Waals surface area contributed by atoms with E-state index in [2.05, 4.69) is 4.72 Å². The Labute approximate surface area is 186 Å². The summed E-state index contributed by atoms with van der Waals surface area (Å²) in [5.74, 6) is -3.44. The van der Waals surface area contributed by atoms with Gasteiger partial charge in [0, 0.05) is 11.6 Å². The van der Waals surface area contributed by atoms with Crippen LogP contribution in [-0.4, -0.2) is 63.6 Å². The maximum absolute atomic E-state index is 14.1. The first-order valence-electron chi connectivity index (χ1n) is 10.6. The summed E-state index contributed by atoms with van der Waals surface area (Å²) in [5.41, 5.74) is -0.231. The minimum Gasteiger partial charge on any atom is -0.453 e. The Morgan fingerprint density at radius 3 is 2.38 bits per heavy atom. The van der Waals surface area contributed by atoms with Crippen LogP contribution in [0.15, 0.2) is 12.1 Å². The van der Waals surface area contributed by atoms with Gasteiger partial charge in [0.2, 0.25) is 10.0 Å². The Kier molecular flexibility index (Phi) is 7.72. The lowest BCUT2D eigenvalue weighted by Crippen LogP contribution is -2.49. The Bertz CT molecular complexity index is 938. The predicted molar refractivity (Wildman–Crippen MR) is 111 cm³/mol. The summed E-state index contributed by atoms with van der Waals surface area (Å²) >= 11 is 0. The van der Waals surface area contributed by atoms with Crippen molar-refractivity contribution in [2.45, 2.75) is 68.4 Å². The van der Waals surface area contributed by atoms with Crippen LogP contribution >= 0.6 is 0 Å². The van der Waals surface area contributed by atoms with Gasteiger partial charge in [0.25, 0.3) is 0 Å². The third kappa shape index (κ3) is 4.89. The van der Waals surface area contributed by atoms with Crippen molar-refractivity contribution in [3.63, 3.8) is 0 Å². The molecule has 0 aromatic heterocycles. The highest BCUT2D eigenvalue weighted by atomic mass is 32.2. The highest BCUT2D eigenvalue weighted by Crippen LogP contribution is 2.38. The van der Waals surface area contributed by atoms with E-state index in [9.17, 15) is 26.4 Å². The fraction of sp³-hybridized carbons (Fsp3) is 0.667. The number of sulfonamides is 1. The topological polar surface area (TPSA) is 84.9 Å². The lowest BCUT2D eigenvalue weighted by Gasteiger charge is -2.33. The number of hydrogen-bond acceptors (Lipinski definition) is 5. The number of amides is 1. The summed E-state index contributed by atoms with van der Waals surface area (Å²) in [4.78, 5) is 13.7. The summed E-state index contributed by atoms with van der Waals surface area (Å²) in [7, 11) is -1.11. The summed E-state index contributed by atoms with van der Waals surface area (Å²) in [6.45, 7) is 1.74. The third-order valence-electron chi connectivity index (χ3n) is 6.57. The van der Waals surface area contributed by atoms with Gasteiger partial charge in [-0.3, -0.25) is 4.90 Å². The first-order valence-corrected chi connectivity index (χ1v) is 12.2. The molecule has 0 spiro atoms. The van der Waals surface area contributed by atoms with E-state index < -0.39 is 50.8 Å². The standard InChI is InChI=1S/C21H29F3N2O5S/c1-12-10-18(32(28,29)25-2)17(26(12)21(27)30-3)11-31-14-6-4-13(5-7-14)19-15(22)8-9-16(23)20(19)24/h8-9,12-14,17-18,25H,4-7,10-11H2,1-3H3. The molecule has 7 nitrogen and oxygen atoms in total. The smallest absolute Gasteiger partial charge is 0.410 e. The first kappa shape index (κ1) is 24.8. The molecule has 1 aliphatic carbocycles. The molecule has 1 N–H and O–H groups in total. The number of carbonyl (C=O) groups is 1. The van der Waals surface area contributed by atoms with Gasteiger partial charge >= 0.3 is 6.09 Å². The summed E-state index contributed by atoms with van der Waals surface area (Å²) < 4.78 is 79.9. The van der Waals surface area contributed by atoms with Gasteiger partial charge in [0.05, 0.1) is 25.9 Å². The maximum Gasteiger partial charge on any atom is 0.410 e. The lowest BCUT2D eigenvalue weighted by atomic mass is 9.82. The number of rotatable bonds is 6. The number of ether oxygens (including phenoxy) is 2. The molecule has 1 saturated heterocycles. The molecule has 180 valence electrons. The molecule has 1 aliphatic heterocycles. The van der Waals surface area contributed by atoms with Crippen LogP contribution in [-0.2, 0) is 19.5 Å². The van der Waals surface area contributed by atoms with Gasteiger partial charge in [-0.05, 0) is 64.1 Å². The molecule has 0 bridgehead atoms. The predicted octanol–water partition coefficient (Wildman–Crippen LogP) is 3.29. The van der Waals surface area contributed by atoms with E-state index in [0.29, 0.717) is 25.7 Å². The molecule has 0 radical (unpaired) electrons. The van der Waals surface area contributed by atoms with E-state index >= 15 is 0 Å². The summed E-state index contributed by atoms with van der Waals surface area (Å²) in [6, 6.07) is 0.625. The van der Waals surface area contributed by atoms with Crippen molar-refractivity contribution in [3.05, 3.63) is 35.1 Å². The largest absolute Gasteiger partial charge is 0.453 e. The van der Waals surface area contributed by atoms with Gasteiger partial charge in [-0.25, -0.2) is 31.1 Å². The van der Waals surface area contributed by atoms with Gasteiger partial charge in [-0.15, -0.1) is 0 Å². The van der Waals surface area contributed by atoms with Crippen molar-refractivity contribution in [3.8, 4) is 0 Å². The fourth-order valence-corrected chi connectivity index (χ4v) is 6.33. The van der Waals surface area contributed by atoms with Gasteiger partial charge in [-0.2, -0.15) is 0 Å². The summed E-state index contributed by atoms with van der Waals surface area (Å²) in [6.07, 6.45) is 1.12. The monoisotopic (exact) mass is 478 g/mol. The van der Waals surface area contributed by atoms with Crippen LogP contribution in [0.3, 0.4) is 0 Å². The van der Waals surface area contributed by atoms with Gasteiger partial charge < -0.3 is 9.47 Å². The molecule has 1 amide bonds. The second kappa shape index (κ2) is 9.96. The molecule has 32 heavy (non-hydrogen) atoms. The SMILES string of the molecule is CNS(=O)(=O)C1CC(C)N(C(=O)OC)C1COC1CCC(c2c(F)ccc(F)c2F)CC1. The van der Waals surface area contributed by atoms with Crippen molar-refractivity contribution in [1.29, 1.82) is 0 Å². The fourth-order valence-electron chi connectivity index (χ4n) is 4.88. The molecular formula is C21H29F3N2O5S. The lowest BCUT2D eigenvalue weighted by molar-refractivity contribution is -0.00564. The van der Waals surface area contributed by atoms with E-state index in [1.54, 1.807) is 6.92 Å². The molecule has 1 aromatic carbocycles. The van der Waals surface area contributed by atoms with Crippen molar-refractivity contribution in [2.75, 3.05) is 20.8 Å². The quantitative estimate of drug-likeness (QED) is 0.635. The molecule has 2 fully saturated rings. The number of methoxy groups -OCH3 is 1. The first-order chi connectivity index (χ1) is 15.1. The maximum atomic E-state index is 14.1. The van der Waals surface area contributed by atoms with E-state index in [1.165, 1.54) is 19.1 Å². The Balaban J connectivity index is 1.66. The number of nitrogens with zero attached hydrogens (tertiary/aromatic N) is 1. The van der Waals surface area contributed by atoms with E-state index in [1.807, 2.05) is 0 Å². The molecule has 3 rings (SSSR count). The minimum atomic E-state index is -3.66. The molecule has 1 saturated carbocycles. The van der Waals surface area contributed by atoms with Crippen LogP contribution in [0, 0.1) is 17.5 Å². The van der Waals surface area contributed by atoms with Crippen LogP contribution < -0.4 is 4.72 Å². The molecule has 1 heterocycles. The zero-order valence-electron chi connectivity index (χ0n) is 18.3. The minimum absolute atomic E-state index is 0.0109. The van der Waals surface area contributed by atoms with E-state index in [4.69, 9.17) is 9.47 Å². The van der Waals surface area contributed by atoms with Crippen molar-refractivity contribution < 1.29 is 35.9 Å². The van der Waals surface area contributed by atoms with Gasteiger partial charge in [0.15, 0.2) is 11.6 Å². The molecule has 1 aromatic rings. The van der Waals surface area contributed by atoms with Crippen LogP contribution in [0.1, 0.15) is 50.5 Å². The highest BCUT2D eigenvalue weighted by Gasteiger charge is 2.48. The molecule has 11 heteroatoms. The second-order valence-corrected chi connectivity index (χ2v) is 10.5. The van der Waals surface area contributed by atoms with Crippen LogP contribution in [0.2, 0.25) is 0 Å². The second-order valence-electron chi connectivity index (χ2n) is 8.38. The molecule has 3 atom stereocenters. The van der Waals surface area contributed by atoms with Crippen LogP contribution in [0.25, 0.3) is 0 Å². The normalized spacial score (nSPS) is 28.7. The average molecular weight is 479 g/mol. The summed E-state index contributed by atoms with van der Waals surface area (Å²) in [5, 5.41) is -0.853. The van der Waals surface area contributed by atoms with Crippen LogP contribution in [0.5, 0.6) is 0 Å². The molecule has 2 aliphatic rings. The van der Waals surface area contributed by atoms with E-state index in [0.717, 1.165) is 12.1 Å². The van der Waals surface area contributed by atoms with Crippen molar-refractivity contribution in [2.24, 2.45) is 0 Å². The average Bonchev–Trinajstić information content (AvgIpc) is 3.12. The number of carbonyl (C=O) groups excluding carboxylic acids is 1. The number of benzene rings is 1. The van der Waals surface area contributed by atoms with Crippen molar-refractivity contribution >= 4 is 16.1 Å². The number of nitrogens with one attached hydrogen (secondary N) is 1.